The highest BCUT2D eigenvalue weighted by Gasteiger charge is 2.44. The van der Waals surface area contributed by atoms with Gasteiger partial charge in [0.15, 0.2) is 0 Å². The van der Waals surface area contributed by atoms with Crippen LogP contribution >= 0.6 is 0 Å². The first kappa shape index (κ1) is 19.9. The number of amidine groups is 1. The SMILES string of the molecule is COc1ccc(F)c(-c2cccc(C3(c4ccncc4F)N=C(N)c4ccccc43)c2)c1. The van der Waals surface area contributed by atoms with Gasteiger partial charge in [-0.05, 0) is 47.0 Å². The predicted octanol–water partition coefficient (Wildman–Crippen LogP) is 5.05. The van der Waals surface area contributed by atoms with Gasteiger partial charge in [0.25, 0.3) is 0 Å². The molecule has 0 fully saturated rings. The van der Waals surface area contributed by atoms with Gasteiger partial charge in [0.1, 0.15) is 28.8 Å². The number of fused-ring (bicyclic) bond motifs is 1. The van der Waals surface area contributed by atoms with Crippen molar-refractivity contribution in [2.75, 3.05) is 7.11 Å². The summed E-state index contributed by atoms with van der Waals surface area (Å²) in [5, 5.41) is 0. The number of halogens is 2. The van der Waals surface area contributed by atoms with E-state index in [2.05, 4.69) is 4.98 Å². The number of nitrogens with two attached hydrogens (primary N) is 1. The van der Waals surface area contributed by atoms with E-state index in [-0.39, 0.29) is 5.82 Å². The van der Waals surface area contributed by atoms with E-state index in [1.165, 1.54) is 19.4 Å². The zero-order valence-corrected chi connectivity index (χ0v) is 17.2. The summed E-state index contributed by atoms with van der Waals surface area (Å²) in [5.74, 6) is -0.0365. The lowest BCUT2D eigenvalue weighted by atomic mass is 9.77. The van der Waals surface area contributed by atoms with Gasteiger partial charge in [0, 0.05) is 22.9 Å². The van der Waals surface area contributed by atoms with Gasteiger partial charge in [-0.25, -0.2) is 13.8 Å². The zero-order chi connectivity index (χ0) is 22.3. The number of pyridine rings is 1. The average molecular weight is 427 g/mol. The van der Waals surface area contributed by atoms with Gasteiger partial charge in [0.05, 0.1) is 13.3 Å². The Kier molecular flexibility index (Phi) is 4.70. The number of ether oxygens (including phenoxy) is 1. The number of aliphatic imine (C=N–C) groups is 1. The van der Waals surface area contributed by atoms with Crippen molar-refractivity contribution in [1.82, 2.24) is 4.98 Å². The van der Waals surface area contributed by atoms with Crippen LogP contribution in [0.1, 0.15) is 22.3 Å². The van der Waals surface area contributed by atoms with Crippen LogP contribution < -0.4 is 10.5 Å². The highest BCUT2D eigenvalue weighted by atomic mass is 19.1. The topological polar surface area (TPSA) is 60.5 Å². The molecule has 0 saturated carbocycles. The van der Waals surface area contributed by atoms with Crippen molar-refractivity contribution < 1.29 is 13.5 Å². The molecule has 0 bridgehead atoms. The van der Waals surface area contributed by atoms with Gasteiger partial charge < -0.3 is 10.5 Å². The van der Waals surface area contributed by atoms with Crippen molar-refractivity contribution in [3.8, 4) is 16.9 Å². The monoisotopic (exact) mass is 427 g/mol. The molecule has 1 aliphatic rings. The van der Waals surface area contributed by atoms with Crippen molar-refractivity contribution >= 4 is 5.84 Å². The molecule has 2 heterocycles. The second kappa shape index (κ2) is 7.57. The lowest BCUT2D eigenvalue weighted by molar-refractivity contribution is 0.414. The Bertz CT molecular complexity index is 1370. The summed E-state index contributed by atoms with van der Waals surface area (Å²) < 4.78 is 35.1. The lowest BCUT2D eigenvalue weighted by Crippen LogP contribution is -2.27. The number of aromatic nitrogens is 1. The van der Waals surface area contributed by atoms with E-state index in [0.717, 1.165) is 17.3 Å². The molecule has 1 unspecified atom stereocenters. The molecule has 4 aromatic rings. The van der Waals surface area contributed by atoms with E-state index in [0.29, 0.717) is 33.8 Å². The highest BCUT2D eigenvalue weighted by Crippen LogP contribution is 2.47. The molecule has 0 aliphatic carbocycles. The molecule has 0 radical (unpaired) electrons. The molecule has 158 valence electrons. The second-order valence-corrected chi connectivity index (χ2v) is 7.54. The van der Waals surface area contributed by atoms with E-state index in [9.17, 15) is 4.39 Å². The summed E-state index contributed by atoms with van der Waals surface area (Å²) in [7, 11) is 1.53. The molecule has 1 aliphatic heterocycles. The van der Waals surface area contributed by atoms with Crippen LogP contribution in [0.5, 0.6) is 5.75 Å². The third kappa shape index (κ3) is 2.95. The van der Waals surface area contributed by atoms with Gasteiger partial charge in [-0.15, -0.1) is 0 Å². The fraction of sp³-hybridized carbons (Fsp3) is 0.0769. The molecule has 6 heteroatoms. The minimum absolute atomic E-state index is 0.315. The standard InChI is InChI=1S/C26H19F2N3O/c1-32-18-9-10-23(27)20(14-18)16-5-4-6-17(13-16)26(22-11-12-30-15-24(22)28)21-8-3-2-7-19(21)25(29)31-26/h2-15H,1H3,(H2,29,31). The largest absolute Gasteiger partial charge is 0.497 e. The van der Waals surface area contributed by atoms with E-state index in [1.54, 1.807) is 30.3 Å². The zero-order valence-electron chi connectivity index (χ0n) is 17.2. The van der Waals surface area contributed by atoms with Crippen LogP contribution in [0.25, 0.3) is 11.1 Å². The molecule has 4 nitrogen and oxygen atoms in total. The predicted molar refractivity (Wildman–Crippen MR) is 120 cm³/mol. The summed E-state index contributed by atoms with van der Waals surface area (Å²) in [6.45, 7) is 0. The summed E-state index contributed by atoms with van der Waals surface area (Å²) in [6.07, 6.45) is 2.69. The maximum atomic E-state index is 15.1. The van der Waals surface area contributed by atoms with Crippen LogP contribution in [0.3, 0.4) is 0 Å². The number of methoxy groups -OCH3 is 1. The van der Waals surface area contributed by atoms with E-state index in [1.807, 2.05) is 36.4 Å². The number of benzene rings is 3. The first-order valence-electron chi connectivity index (χ1n) is 10.0. The van der Waals surface area contributed by atoms with Crippen LogP contribution in [-0.4, -0.2) is 17.9 Å². The Balaban J connectivity index is 1.80. The van der Waals surface area contributed by atoms with Crippen LogP contribution in [0.4, 0.5) is 8.78 Å². The quantitative estimate of drug-likeness (QED) is 0.496. The minimum Gasteiger partial charge on any atom is -0.497 e. The fourth-order valence-electron chi connectivity index (χ4n) is 4.34. The number of hydrogen-bond donors (Lipinski definition) is 1. The molecule has 3 aromatic carbocycles. The summed E-state index contributed by atoms with van der Waals surface area (Å²) in [4.78, 5) is 8.68. The molecule has 5 rings (SSSR count). The minimum atomic E-state index is -1.22. The first-order valence-corrected chi connectivity index (χ1v) is 10.0. The fourth-order valence-corrected chi connectivity index (χ4v) is 4.34. The first-order chi connectivity index (χ1) is 15.5. The van der Waals surface area contributed by atoms with Crippen LogP contribution in [0, 0.1) is 11.6 Å². The highest BCUT2D eigenvalue weighted by molar-refractivity contribution is 6.03. The summed E-state index contributed by atoms with van der Waals surface area (Å²) in [5.41, 5.74) is 8.54. The molecule has 0 amide bonds. The second-order valence-electron chi connectivity index (χ2n) is 7.54. The van der Waals surface area contributed by atoms with E-state index in [4.69, 9.17) is 15.5 Å². The Labute approximate surface area is 184 Å². The van der Waals surface area contributed by atoms with Gasteiger partial charge in [-0.1, -0.05) is 42.5 Å². The van der Waals surface area contributed by atoms with Crippen molar-refractivity contribution in [2.24, 2.45) is 10.7 Å². The maximum absolute atomic E-state index is 15.1. The average Bonchev–Trinajstić information content (AvgIpc) is 3.13. The maximum Gasteiger partial charge on any atom is 0.147 e. The van der Waals surface area contributed by atoms with E-state index >= 15 is 4.39 Å². The molecule has 1 atom stereocenters. The van der Waals surface area contributed by atoms with E-state index < -0.39 is 11.4 Å². The van der Waals surface area contributed by atoms with Gasteiger partial charge >= 0.3 is 0 Å². The Morgan fingerprint density at radius 1 is 0.844 bits per heavy atom. The molecule has 32 heavy (non-hydrogen) atoms. The molecule has 0 spiro atoms. The van der Waals surface area contributed by atoms with Crippen LogP contribution in [0.2, 0.25) is 0 Å². The van der Waals surface area contributed by atoms with Crippen molar-refractivity contribution in [3.05, 3.63) is 119 Å². The number of rotatable bonds is 4. The van der Waals surface area contributed by atoms with Gasteiger partial charge in [-0.2, -0.15) is 0 Å². The van der Waals surface area contributed by atoms with Crippen molar-refractivity contribution in [1.29, 1.82) is 0 Å². The molecular formula is C26H19F2N3O. The van der Waals surface area contributed by atoms with Crippen molar-refractivity contribution in [3.63, 3.8) is 0 Å². The normalized spacial score (nSPS) is 17.0. The Morgan fingerprint density at radius 2 is 1.69 bits per heavy atom. The third-order valence-corrected chi connectivity index (χ3v) is 5.81. The van der Waals surface area contributed by atoms with Crippen molar-refractivity contribution in [2.45, 2.75) is 5.54 Å². The molecule has 2 N–H and O–H groups in total. The molecule has 0 saturated heterocycles. The van der Waals surface area contributed by atoms with Crippen LogP contribution in [0.15, 0.2) is 90.2 Å². The number of nitrogens with zero attached hydrogens (tertiary/aromatic N) is 2. The smallest absolute Gasteiger partial charge is 0.147 e. The van der Waals surface area contributed by atoms with Gasteiger partial charge in [-0.3, -0.25) is 4.98 Å². The Hall–Kier alpha value is -4.06. The summed E-state index contributed by atoms with van der Waals surface area (Å²) >= 11 is 0. The third-order valence-electron chi connectivity index (χ3n) is 5.81. The van der Waals surface area contributed by atoms with Gasteiger partial charge in [0.2, 0.25) is 0 Å². The van der Waals surface area contributed by atoms with Crippen LogP contribution in [-0.2, 0) is 5.54 Å². The molecular weight excluding hydrogens is 408 g/mol. The lowest BCUT2D eigenvalue weighted by Gasteiger charge is -2.29. The number of hydrogen-bond acceptors (Lipinski definition) is 4. The Morgan fingerprint density at radius 3 is 2.50 bits per heavy atom. The molecule has 1 aromatic heterocycles. The summed E-state index contributed by atoms with van der Waals surface area (Å²) in [6, 6.07) is 20.9.